The maximum atomic E-state index is 8.89. The molecule has 3 heteroatoms. The topological polar surface area (TPSA) is 63.0 Å². The third-order valence-electron chi connectivity index (χ3n) is 1.61. The summed E-state index contributed by atoms with van der Waals surface area (Å²) >= 11 is 0. The van der Waals surface area contributed by atoms with Crippen molar-refractivity contribution in [3.8, 4) is 0 Å². The fraction of sp³-hybridized carbons (Fsp3) is 0.875. The summed E-state index contributed by atoms with van der Waals surface area (Å²) in [5, 5.41) is 16.2. The SMILES string of the molecule is CC(=O)[O-].[OH2+]C1CCCCC1. The number of carboxylic acids is 1. The molecule has 0 atom stereocenters. The minimum atomic E-state index is -1.08. The summed E-state index contributed by atoms with van der Waals surface area (Å²) in [5.41, 5.74) is 0. The van der Waals surface area contributed by atoms with Gasteiger partial charge >= 0.3 is 0 Å². The van der Waals surface area contributed by atoms with E-state index in [1.165, 1.54) is 19.3 Å². The molecule has 0 aromatic heterocycles. The molecule has 0 amide bonds. The van der Waals surface area contributed by atoms with Gasteiger partial charge in [-0.2, -0.15) is 0 Å². The van der Waals surface area contributed by atoms with Gasteiger partial charge in [0.2, 0.25) is 0 Å². The molecular weight excluding hydrogens is 144 g/mol. The van der Waals surface area contributed by atoms with E-state index in [0.717, 1.165) is 19.8 Å². The molecule has 0 unspecified atom stereocenters. The zero-order valence-electron chi connectivity index (χ0n) is 6.93. The summed E-state index contributed by atoms with van der Waals surface area (Å²) in [7, 11) is 0. The number of hydrogen-bond donors (Lipinski definition) is 0. The molecular formula is C8H16O3. The van der Waals surface area contributed by atoms with Gasteiger partial charge in [0.1, 0.15) is 0 Å². The smallest absolute Gasteiger partial charge is 0.153 e. The van der Waals surface area contributed by atoms with E-state index in [0.29, 0.717) is 0 Å². The number of carbonyl (C=O) groups is 1. The molecule has 1 aliphatic rings. The Balaban J connectivity index is 0.000000218. The van der Waals surface area contributed by atoms with Crippen molar-refractivity contribution in [2.45, 2.75) is 45.1 Å². The van der Waals surface area contributed by atoms with Crippen LogP contribution in [-0.2, 0) is 4.79 Å². The van der Waals surface area contributed by atoms with Crippen molar-refractivity contribution in [3.05, 3.63) is 0 Å². The molecule has 0 saturated heterocycles. The summed E-state index contributed by atoms with van der Waals surface area (Å²) in [6.45, 7) is 0.972. The van der Waals surface area contributed by atoms with E-state index in [9.17, 15) is 0 Å². The highest BCUT2D eigenvalue weighted by Crippen LogP contribution is 2.16. The van der Waals surface area contributed by atoms with E-state index < -0.39 is 5.97 Å². The second-order valence-corrected chi connectivity index (χ2v) is 2.83. The standard InChI is InChI=1S/C6H12O.C2H4O2/c7-6-4-2-1-3-5-6;1-2(3)4/h6-7H,1-5H2;1H3,(H,3,4). The van der Waals surface area contributed by atoms with Crippen molar-refractivity contribution in [1.29, 1.82) is 0 Å². The fourth-order valence-corrected chi connectivity index (χ4v) is 1.10. The van der Waals surface area contributed by atoms with Crippen LogP contribution in [0.5, 0.6) is 0 Å². The lowest BCUT2D eigenvalue weighted by Crippen LogP contribution is -2.16. The first-order chi connectivity index (χ1) is 5.13. The zero-order chi connectivity index (χ0) is 8.69. The van der Waals surface area contributed by atoms with Crippen LogP contribution in [0.25, 0.3) is 0 Å². The average Bonchev–Trinajstić information content (AvgIpc) is 1.87. The Morgan fingerprint density at radius 3 is 1.91 bits per heavy atom. The largest absolute Gasteiger partial charge is 0.550 e. The Morgan fingerprint density at radius 2 is 1.73 bits per heavy atom. The van der Waals surface area contributed by atoms with Crippen molar-refractivity contribution in [2.24, 2.45) is 0 Å². The van der Waals surface area contributed by atoms with Crippen LogP contribution in [-0.4, -0.2) is 17.2 Å². The average molecular weight is 160 g/mol. The van der Waals surface area contributed by atoms with Crippen LogP contribution < -0.4 is 5.11 Å². The Kier molecular flexibility index (Phi) is 5.84. The first kappa shape index (κ1) is 10.4. The van der Waals surface area contributed by atoms with Gasteiger partial charge in [-0.1, -0.05) is 6.42 Å². The van der Waals surface area contributed by atoms with E-state index in [4.69, 9.17) is 15.0 Å². The van der Waals surface area contributed by atoms with Crippen LogP contribution in [0.3, 0.4) is 0 Å². The van der Waals surface area contributed by atoms with Crippen LogP contribution in [0.1, 0.15) is 39.0 Å². The summed E-state index contributed by atoms with van der Waals surface area (Å²) in [4.78, 5) is 8.89. The molecule has 0 spiro atoms. The van der Waals surface area contributed by atoms with Crippen molar-refractivity contribution in [2.75, 3.05) is 0 Å². The van der Waals surface area contributed by atoms with Gasteiger partial charge < -0.3 is 15.0 Å². The first-order valence-electron chi connectivity index (χ1n) is 4.01. The lowest BCUT2D eigenvalue weighted by Gasteiger charge is -2.11. The number of aliphatic carboxylic acids is 1. The number of hydrogen-bond acceptors (Lipinski definition) is 2. The van der Waals surface area contributed by atoms with E-state index in [1.54, 1.807) is 0 Å². The molecule has 0 heterocycles. The van der Waals surface area contributed by atoms with Gasteiger partial charge in [0, 0.05) is 18.8 Å². The van der Waals surface area contributed by atoms with Crippen LogP contribution in [0.4, 0.5) is 0 Å². The number of carbonyl (C=O) groups excluding carboxylic acids is 1. The van der Waals surface area contributed by atoms with Crippen molar-refractivity contribution < 1.29 is 15.0 Å². The molecule has 11 heavy (non-hydrogen) atoms. The molecule has 0 aromatic carbocycles. The Morgan fingerprint density at radius 1 is 1.36 bits per heavy atom. The molecule has 2 N–H and O–H groups in total. The fourth-order valence-electron chi connectivity index (χ4n) is 1.10. The van der Waals surface area contributed by atoms with Crippen LogP contribution in [0.2, 0.25) is 0 Å². The second kappa shape index (κ2) is 6.16. The Bertz CT molecular complexity index is 102. The van der Waals surface area contributed by atoms with Gasteiger partial charge in [-0.15, -0.1) is 0 Å². The molecule has 1 saturated carbocycles. The van der Waals surface area contributed by atoms with E-state index in [-0.39, 0.29) is 6.10 Å². The van der Waals surface area contributed by atoms with Gasteiger partial charge in [-0.25, -0.2) is 0 Å². The molecule has 0 aliphatic heterocycles. The molecule has 1 fully saturated rings. The number of rotatable bonds is 0. The normalized spacial score (nSPS) is 18.4. The Hall–Kier alpha value is -0.570. The van der Waals surface area contributed by atoms with E-state index in [2.05, 4.69) is 0 Å². The maximum absolute atomic E-state index is 8.89. The van der Waals surface area contributed by atoms with E-state index in [1.807, 2.05) is 0 Å². The quantitative estimate of drug-likeness (QED) is 0.461. The molecule has 0 radical (unpaired) electrons. The van der Waals surface area contributed by atoms with Gasteiger partial charge in [-0.05, 0) is 19.8 Å². The Labute approximate surface area is 67.0 Å². The molecule has 1 aliphatic carbocycles. The highest BCUT2D eigenvalue weighted by atomic mass is 16.4. The first-order valence-corrected chi connectivity index (χ1v) is 4.01. The highest BCUT2D eigenvalue weighted by Gasteiger charge is 2.11. The van der Waals surface area contributed by atoms with Gasteiger partial charge in [-0.3, -0.25) is 0 Å². The van der Waals surface area contributed by atoms with Crippen LogP contribution >= 0.6 is 0 Å². The lowest BCUT2D eigenvalue weighted by atomic mass is 9.98. The lowest BCUT2D eigenvalue weighted by molar-refractivity contribution is -0.302. The van der Waals surface area contributed by atoms with Gasteiger partial charge in [0.15, 0.2) is 6.10 Å². The maximum Gasteiger partial charge on any atom is 0.153 e. The molecule has 0 bridgehead atoms. The highest BCUT2D eigenvalue weighted by molar-refractivity contribution is 5.60. The van der Waals surface area contributed by atoms with Crippen molar-refractivity contribution in [3.63, 3.8) is 0 Å². The summed E-state index contributed by atoms with van der Waals surface area (Å²) < 4.78 is 0. The minimum absolute atomic E-state index is 0.286. The molecule has 1 rings (SSSR count). The third kappa shape index (κ3) is 9.43. The molecule has 0 aromatic rings. The van der Waals surface area contributed by atoms with Gasteiger partial charge in [0.05, 0.1) is 0 Å². The number of carboxylic acid groups (broad SMARTS) is 1. The summed E-state index contributed by atoms with van der Waals surface area (Å²) in [6.07, 6.45) is 6.56. The van der Waals surface area contributed by atoms with E-state index >= 15 is 0 Å². The monoisotopic (exact) mass is 160 g/mol. The van der Waals surface area contributed by atoms with Crippen LogP contribution in [0, 0.1) is 0 Å². The van der Waals surface area contributed by atoms with Crippen LogP contribution in [0.15, 0.2) is 0 Å². The second-order valence-electron chi connectivity index (χ2n) is 2.83. The predicted octanol–water partition coefficient (Wildman–Crippen LogP) is -0.200. The predicted molar refractivity (Wildman–Crippen MR) is 41.2 cm³/mol. The van der Waals surface area contributed by atoms with Gasteiger partial charge in [0.25, 0.3) is 0 Å². The minimum Gasteiger partial charge on any atom is -0.550 e. The zero-order valence-corrected chi connectivity index (χ0v) is 6.93. The summed E-state index contributed by atoms with van der Waals surface area (Å²) in [6, 6.07) is 0. The van der Waals surface area contributed by atoms with Crippen molar-refractivity contribution >= 4 is 5.97 Å². The molecule has 66 valence electrons. The molecule has 3 nitrogen and oxygen atoms in total. The van der Waals surface area contributed by atoms with Crippen molar-refractivity contribution in [1.82, 2.24) is 0 Å². The third-order valence-corrected chi connectivity index (χ3v) is 1.61. The summed E-state index contributed by atoms with van der Waals surface area (Å²) in [5.74, 6) is -1.08.